The van der Waals surface area contributed by atoms with Gasteiger partial charge in [0.25, 0.3) is 11.5 Å². The van der Waals surface area contributed by atoms with Gasteiger partial charge in [0, 0.05) is 10.6 Å². The number of amides is 1. The summed E-state index contributed by atoms with van der Waals surface area (Å²) in [4.78, 5) is 33.2. The van der Waals surface area contributed by atoms with Crippen LogP contribution in [0.1, 0.15) is 40.3 Å². The number of aliphatic hydroxyl groups excluding tert-OH is 1. The van der Waals surface area contributed by atoms with Crippen LogP contribution in [0, 0.1) is 6.92 Å². The Labute approximate surface area is 213 Å². The monoisotopic (exact) mass is 507 g/mol. The molecule has 36 heavy (non-hydrogen) atoms. The molecule has 6 nitrogen and oxygen atoms in total. The summed E-state index contributed by atoms with van der Waals surface area (Å²) in [6.45, 7) is 2.73. The van der Waals surface area contributed by atoms with Crippen LogP contribution < -0.4 is 5.56 Å². The first-order chi connectivity index (χ1) is 17.3. The van der Waals surface area contributed by atoms with Crippen LogP contribution in [0.3, 0.4) is 0 Å². The van der Waals surface area contributed by atoms with Crippen molar-refractivity contribution >= 4 is 28.4 Å². The predicted molar refractivity (Wildman–Crippen MR) is 139 cm³/mol. The third kappa shape index (κ3) is 5.48. The second kappa shape index (κ2) is 11.0. The summed E-state index contributed by atoms with van der Waals surface area (Å²) in [5, 5.41) is 10.2. The molecule has 2 unspecified atom stereocenters. The molecule has 1 aromatic heterocycles. The number of fused-ring (bicyclic) bond motifs is 1. The minimum absolute atomic E-state index is 0.219. The number of rotatable bonds is 8. The smallest absolute Gasteiger partial charge is 0.261 e. The molecule has 0 fully saturated rings. The average Bonchev–Trinajstić information content (AvgIpc) is 2.88. The van der Waals surface area contributed by atoms with Crippen molar-refractivity contribution in [2.24, 2.45) is 0 Å². The Morgan fingerprint density at radius 3 is 2.47 bits per heavy atom. The number of aliphatic hydroxyl groups is 1. The summed E-state index contributed by atoms with van der Waals surface area (Å²) in [6, 6.07) is 20.4. The summed E-state index contributed by atoms with van der Waals surface area (Å²) < 4.78 is 16.0. The first-order valence-corrected chi connectivity index (χ1v) is 12.0. The summed E-state index contributed by atoms with van der Waals surface area (Å²) in [7, 11) is 0. The van der Waals surface area contributed by atoms with Crippen molar-refractivity contribution in [3.8, 4) is 0 Å². The van der Waals surface area contributed by atoms with Crippen LogP contribution >= 0.6 is 11.6 Å². The number of hydrogen-bond donors (Lipinski definition) is 1. The zero-order valence-electron chi connectivity index (χ0n) is 20.1. The molecule has 4 rings (SSSR count). The highest BCUT2D eigenvalue weighted by Gasteiger charge is 2.29. The first kappa shape index (κ1) is 25.5. The van der Waals surface area contributed by atoms with Crippen molar-refractivity contribution in [1.82, 2.24) is 14.5 Å². The highest BCUT2D eigenvalue weighted by Crippen LogP contribution is 2.25. The SMILES string of the molecule is Cc1ccc(C(=O)N(CC(F)CO)C(C)c2nc3cc(Cl)ccc3c(=O)n2Cc2ccccc2)cc1. The number of halogens is 2. The van der Waals surface area contributed by atoms with Crippen molar-refractivity contribution < 1.29 is 14.3 Å². The van der Waals surface area contributed by atoms with Crippen LogP contribution in [0.25, 0.3) is 10.9 Å². The van der Waals surface area contributed by atoms with E-state index in [2.05, 4.69) is 0 Å². The Morgan fingerprint density at radius 2 is 1.81 bits per heavy atom. The first-order valence-electron chi connectivity index (χ1n) is 11.6. The van der Waals surface area contributed by atoms with Crippen LogP contribution in [0.15, 0.2) is 77.6 Å². The van der Waals surface area contributed by atoms with Gasteiger partial charge in [-0.3, -0.25) is 14.2 Å². The standard InChI is InChI=1S/C28H27ClFN3O3/c1-18-8-10-21(11-9-18)27(35)32(16-23(30)17-34)19(2)26-31-25-14-22(29)12-13-24(25)28(36)33(26)15-20-6-4-3-5-7-20/h3-14,19,23,34H,15-17H2,1-2H3. The maximum atomic E-state index is 14.5. The second-order valence-corrected chi connectivity index (χ2v) is 9.22. The minimum atomic E-state index is -1.66. The van der Waals surface area contributed by atoms with Crippen molar-refractivity contribution in [3.63, 3.8) is 0 Å². The minimum Gasteiger partial charge on any atom is -0.393 e. The summed E-state index contributed by atoms with van der Waals surface area (Å²) in [5.41, 5.74) is 2.33. The maximum absolute atomic E-state index is 14.5. The van der Waals surface area contributed by atoms with E-state index in [0.29, 0.717) is 27.3 Å². The number of alkyl halides is 1. The van der Waals surface area contributed by atoms with Gasteiger partial charge in [0.1, 0.15) is 12.0 Å². The molecule has 186 valence electrons. The number of aryl methyl sites for hydroxylation is 1. The summed E-state index contributed by atoms with van der Waals surface area (Å²) in [6.07, 6.45) is -1.66. The van der Waals surface area contributed by atoms with E-state index in [-0.39, 0.29) is 18.6 Å². The fraction of sp³-hybridized carbons (Fsp3) is 0.250. The van der Waals surface area contributed by atoms with Gasteiger partial charge in [0.15, 0.2) is 0 Å². The van der Waals surface area contributed by atoms with Gasteiger partial charge < -0.3 is 10.0 Å². The van der Waals surface area contributed by atoms with Gasteiger partial charge in [-0.15, -0.1) is 0 Å². The quantitative estimate of drug-likeness (QED) is 0.366. The molecular formula is C28H27ClFN3O3. The molecule has 3 aromatic carbocycles. The van der Waals surface area contributed by atoms with Crippen molar-refractivity contribution in [1.29, 1.82) is 0 Å². The Balaban J connectivity index is 1.87. The number of nitrogens with zero attached hydrogens (tertiary/aromatic N) is 3. The van der Waals surface area contributed by atoms with E-state index in [1.165, 1.54) is 9.47 Å². The van der Waals surface area contributed by atoms with Gasteiger partial charge in [-0.1, -0.05) is 59.6 Å². The average molecular weight is 508 g/mol. The van der Waals surface area contributed by atoms with E-state index in [1.807, 2.05) is 37.3 Å². The third-order valence-corrected chi connectivity index (χ3v) is 6.36. The van der Waals surface area contributed by atoms with Crippen LogP contribution in [0.5, 0.6) is 0 Å². The molecule has 1 N–H and O–H groups in total. The molecule has 0 saturated heterocycles. The summed E-state index contributed by atoms with van der Waals surface area (Å²) in [5.74, 6) is -0.130. The van der Waals surface area contributed by atoms with Gasteiger partial charge in [-0.25, -0.2) is 9.37 Å². The zero-order chi connectivity index (χ0) is 25.8. The third-order valence-electron chi connectivity index (χ3n) is 6.12. The number of carbonyl (C=O) groups is 1. The van der Waals surface area contributed by atoms with E-state index < -0.39 is 24.7 Å². The largest absolute Gasteiger partial charge is 0.393 e. The van der Waals surface area contributed by atoms with Crippen LogP contribution in [-0.4, -0.2) is 44.8 Å². The summed E-state index contributed by atoms with van der Waals surface area (Å²) >= 11 is 6.18. The molecule has 1 heterocycles. The topological polar surface area (TPSA) is 75.4 Å². The Bertz CT molecular complexity index is 1420. The number of benzene rings is 3. The lowest BCUT2D eigenvalue weighted by Gasteiger charge is -2.31. The van der Waals surface area contributed by atoms with Crippen molar-refractivity contribution in [3.05, 3.63) is 111 Å². The number of aromatic nitrogens is 2. The predicted octanol–water partition coefficient (Wildman–Crippen LogP) is 4.94. The molecule has 0 aliphatic heterocycles. The van der Waals surface area contributed by atoms with E-state index in [9.17, 15) is 19.1 Å². The Morgan fingerprint density at radius 1 is 1.11 bits per heavy atom. The van der Waals surface area contributed by atoms with E-state index >= 15 is 0 Å². The lowest BCUT2D eigenvalue weighted by atomic mass is 10.1. The molecule has 0 aliphatic rings. The molecular weight excluding hydrogens is 481 g/mol. The zero-order valence-corrected chi connectivity index (χ0v) is 20.8. The molecule has 2 atom stereocenters. The molecule has 8 heteroatoms. The molecule has 0 aliphatic carbocycles. The van der Waals surface area contributed by atoms with Crippen molar-refractivity contribution in [2.75, 3.05) is 13.2 Å². The van der Waals surface area contributed by atoms with Crippen LogP contribution in [0.4, 0.5) is 4.39 Å². The maximum Gasteiger partial charge on any atom is 0.261 e. The fourth-order valence-electron chi connectivity index (χ4n) is 4.14. The molecule has 4 aromatic rings. The molecule has 0 saturated carbocycles. The van der Waals surface area contributed by atoms with Gasteiger partial charge >= 0.3 is 0 Å². The molecule has 0 spiro atoms. The Hall–Kier alpha value is -3.55. The molecule has 1 amide bonds. The lowest BCUT2D eigenvalue weighted by Crippen LogP contribution is -2.41. The van der Waals surface area contributed by atoms with E-state index in [4.69, 9.17) is 16.6 Å². The van der Waals surface area contributed by atoms with Crippen LogP contribution in [-0.2, 0) is 6.54 Å². The number of carbonyl (C=O) groups excluding carboxylic acids is 1. The number of hydrogen-bond acceptors (Lipinski definition) is 4. The molecule has 0 bridgehead atoms. The van der Waals surface area contributed by atoms with Crippen LogP contribution in [0.2, 0.25) is 5.02 Å². The van der Waals surface area contributed by atoms with E-state index in [1.54, 1.807) is 49.4 Å². The normalized spacial score (nSPS) is 12.9. The molecule has 0 radical (unpaired) electrons. The highest BCUT2D eigenvalue weighted by molar-refractivity contribution is 6.31. The second-order valence-electron chi connectivity index (χ2n) is 8.79. The van der Waals surface area contributed by atoms with Crippen molar-refractivity contribution in [2.45, 2.75) is 32.6 Å². The lowest BCUT2D eigenvalue weighted by molar-refractivity contribution is 0.0561. The van der Waals surface area contributed by atoms with Gasteiger partial charge in [0.05, 0.1) is 36.6 Å². The fourth-order valence-corrected chi connectivity index (χ4v) is 4.30. The Kier molecular flexibility index (Phi) is 7.82. The van der Waals surface area contributed by atoms with Gasteiger partial charge in [-0.2, -0.15) is 0 Å². The highest BCUT2D eigenvalue weighted by atomic mass is 35.5. The van der Waals surface area contributed by atoms with E-state index in [0.717, 1.165) is 11.1 Å². The van der Waals surface area contributed by atoms with Gasteiger partial charge in [-0.05, 0) is 49.7 Å². The van der Waals surface area contributed by atoms with Gasteiger partial charge in [0.2, 0.25) is 0 Å².